The first kappa shape index (κ1) is 23.5. The zero-order chi connectivity index (χ0) is 24.6. The van der Waals surface area contributed by atoms with Gasteiger partial charge in [0.2, 0.25) is 0 Å². The van der Waals surface area contributed by atoms with Crippen molar-refractivity contribution in [2.75, 3.05) is 56.1 Å². The van der Waals surface area contributed by atoms with Crippen molar-refractivity contribution in [2.24, 2.45) is 10.9 Å². The molecule has 1 aromatic heterocycles. The minimum atomic E-state index is 0.175. The highest BCUT2D eigenvalue weighted by atomic mass is 35.5. The Bertz CT molecular complexity index is 1260. The highest BCUT2D eigenvalue weighted by Gasteiger charge is 2.28. The molecule has 2 aliphatic carbocycles. The maximum absolute atomic E-state index is 9.27. The number of aliphatic imine (C=N–C) groups is 1. The molecule has 4 aliphatic rings. The van der Waals surface area contributed by atoms with Crippen LogP contribution in [0.5, 0.6) is 11.8 Å². The number of benzene rings is 1. The van der Waals surface area contributed by atoms with E-state index in [0.29, 0.717) is 29.1 Å². The third-order valence-corrected chi connectivity index (χ3v) is 7.60. The van der Waals surface area contributed by atoms with Crippen molar-refractivity contribution in [2.45, 2.75) is 26.2 Å². The Kier molecular flexibility index (Phi) is 6.41. The molecule has 6 rings (SSSR count). The number of piperazine rings is 1. The molecule has 0 bridgehead atoms. The number of fused-ring (bicyclic) bond motifs is 1. The summed E-state index contributed by atoms with van der Waals surface area (Å²) in [6.07, 6.45) is 7.71. The van der Waals surface area contributed by atoms with Gasteiger partial charge in [0.15, 0.2) is 0 Å². The zero-order valence-corrected chi connectivity index (χ0v) is 21.3. The summed E-state index contributed by atoms with van der Waals surface area (Å²) in [5.41, 5.74) is 4.90. The lowest BCUT2D eigenvalue weighted by molar-refractivity contribution is 0.188. The van der Waals surface area contributed by atoms with Crippen LogP contribution < -0.4 is 15.0 Å². The minimum Gasteiger partial charge on any atom is -0.423 e. The molecule has 0 spiro atoms. The van der Waals surface area contributed by atoms with E-state index in [2.05, 4.69) is 50.2 Å². The van der Waals surface area contributed by atoms with Crippen LogP contribution in [0.15, 0.2) is 40.4 Å². The predicted octanol–water partition coefficient (Wildman–Crippen LogP) is 4.16. The Morgan fingerprint density at radius 1 is 1.14 bits per heavy atom. The van der Waals surface area contributed by atoms with Crippen molar-refractivity contribution < 1.29 is 9.84 Å². The molecule has 1 aromatic carbocycles. The average Bonchev–Trinajstić information content (AvgIpc) is 3.50. The van der Waals surface area contributed by atoms with E-state index in [9.17, 15) is 5.11 Å². The summed E-state index contributed by atoms with van der Waals surface area (Å²) in [7, 11) is 0. The summed E-state index contributed by atoms with van der Waals surface area (Å²) in [4.78, 5) is 18.6. The monoisotopic (exact) mass is 506 g/mol. The van der Waals surface area contributed by atoms with Gasteiger partial charge in [0.1, 0.15) is 23.2 Å². The van der Waals surface area contributed by atoms with Crippen LogP contribution in [0.4, 0.5) is 11.6 Å². The summed E-state index contributed by atoms with van der Waals surface area (Å²) < 4.78 is 6.19. The van der Waals surface area contributed by atoms with Crippen LogP contribution in [0.2, 0.25) is 5.02 Å². The van der Waals surface area contributed by atoms with Gasteiger partial charge in [-0.15, -0.1) is 0 Å². The molecule has 188 valence electrons. The topological polar surface area (TPSA) is 86.1 Å². The van der Waals surface area contributed by atoms with E-state index >= 15 is 0 Å². The summed E-state index contributed by atoms with van der Waals surface area (Å²) in [5, 5.41) is 13.2. The second kappa shape index (κ2) is 9.84. The zero-order valence-electron chi connectivity index (χ0n) is 20.5. The van der Waals surface area contributed by atoms with Gasteiger partial charge in [-0.3, -0.25) is 9.89 Å². The summed E-state index contributed by atoms with van der Waals surface area (Å²) in [5.74, 6) is 3.52. The Morgan fingerprint density at radius 3 is 2.75 bits per heavy atom. The van der Waals surface area contributed by atoms with Crippen molar-refractivity contribution in [3.05, 3.63) is 51.6 Å². The summed E-state index contributed by atoms with van der Waals surface area (Å²) in [6, 6.07) is 6.16. The number of aliphatic hydroxyl groups is 1. The van der Waals surface area contributed by atoms with Gasteiger partial charge in [0, 0.05) is 44.4 Å². The average molecular weight is 507 g/mol. The maximum Gasteiger partial charge on any atom is 0.325 e. The van der Waals surface area contributed by atoms with Crippen LogP contribution in [0.25, 0.3) is 6.08 Å². The van der Waals surface area contributed by atoms with Gasteiger partial charge in [0.05, 0.1) is 18.2 Å². The second-order valence-corrected chi connectivity index (χ2v) is 10.4. The molecule has 36 heavy (non-hydrogen) atoms. The van der Waals surface area contributed by atoms with Gasteiger partial charge in [-0.2, -0.15) is 9.97 Å². The number of aromatic nitrogens is 2. The molecular formula is C27H31ClN6O2. The predicted molar refractivity (Wildman–Crippen MR) is 143 cm³/mol. The normalized spacial score (nSPS) is 19.6. The first-order valence-corrected chi connectivity index (χ1v) is 13.1. The molecule has 2 aromatic rings. The third kappa shape index (κ3) is 4.98. The second-order valence-electron chi connectivity index (χ2n) is 9.99. The molecule has 8 nitrogen and oxygen atoms in total. The molecule has 0 atom stereocenters. The Hall–Kier alpha value is -2.94. The molecule has 9 heteroatoms. The molecule has 1 saturated heterocycles. The molecule has 1 saturated carbocycles. The first-order chi connectivity index (χ1) is 17.6. The number of amidine groups is 1. The van der Waals surface area contributed by atoms with Crippen LogP contribution in [-0.4, -0.2) is 71.7 Å². The van der Waals surface area contributed by atoms with Crippen molar-refractivity contribution in [3.8, 4) is 11.8 Å². The van der Waals surface area contributed by atoms with E-state index in [1.54, 1.807) is 0 Å². The van der Waals surface area contributed by atoms with Crippen LogP contribution >= 0.6 is 11.6 Å². The number of rotatable bonds is 7. The number of nitrogens with one attached hydrogen (secondary N) is 1. The lowest BCUT2D eigenvalue weighted by Gasteiger charge is -2.35. The van der Waals surface area contributed by atoms with Crippen LogP contribution in [-0.2, 0) is 6.42 Å². The smallest absolute Gasteiger partial charge is 0.325 e. The molecule has 0 unspecified atom stereocenters. The van der Waals surface area contributed by atoms with E-state index in [1.165, 1.54) is 29.6 Å². The molecule has 0 amide bonds. The molecule has 2 fully saturated rings. The van der Waals surface area contributed by atoms with E-state index in [4.69, 9.17) is 21.3 Å². The Morgan fingerprint density at radius 2 is 1.97 bits per heavy atom. The van der Waals surface area contributed by atoms with Crippen LogP contribution in [0, 0.1) is 5.92 Å². The Labute approximate surface area is 216 Å². The van der Waals surface area contributed by atoms with Crippen molar-refractivity contribution >= 4 is 35.1 Å². The van der Waals surface area contributed by atoms with Crippen molar-refractivity contribution in [1.29, 1.82) is 0 Å². The minimum absolute atomic E-state index is 0.175. The first-order valence-electron chi connectivity index (χ1n) is 12.7. The van der Waals surface area contributed by atoms with E-state index in [0.717, 1.165) is 56.4 Å². The molecular weight excluding hydrogens is 476 g/mol. The van der Waals surface area contributed by atoms with Crippen LogP contribution in [0.1, 0.15) is 30.9 Å². The van der Waals surface area contributed by atoms with Crippen molar-refractivity contribution in [1.82, 2.24) is 14.9 Å². The van der Waals surface area contributed by atoms with Gasteiger partial charge in [0.25, 0.3) is 0 Å². The van der Waals surface area contributed by atoms with Gasteiger partial charge in [-0.05, 0) is 55.4 Å². The lowest BCUT2D eigenvalue weighted by atomic mass is 10.1. The number of hydrogen-bond donors (Lipinski definition) is 2. The van der Waals surface area contributed by atoms with Gasteiger partial charge >= 0.3 is 6.01 Å². The SMILES string of the molecule is CC1=Cc2c(ccc(Oc3nc(NC4=NCC(C5CC5)=C4)cc(N4CCN(CCO)CC4)n3)c2Cl)C1. The Balaban J connectivity index is 1.27. The van der Waals surface area contributed by atoms with Gasteiger partial charge < -0.3 is 20.1 Å². The number of allylic oxidation sites excluding steroid dienone is 1. The number of ether oxygens (including phenoxy) is 1. The summed E-state index contributed by atoms with van der Waals surface area (Å²) >= 11 is 6.73. The number of nitrogens with zero attached hydrogens (tertiary/aromatic N) is 5. The fourth-order valence-corrected chi connectivity index (χ4v) is 5.35. The van der Waals surface area contributed by atoms with Gasteiger partial charge in [-0.25, -0.2) is 0 Å². The molecule has 2 aliphatic heterocycles. The number of anilines is 2. The van der Waals surface area contributed by atoms with E-state index < -0.39 is 0 Å². The highest BCUT2D eigenvalue weighted by Crippen LogP contribution is 2.39. The standard InChI is InChI=1S/C27H31ClN6O2/c1-17-12-19-4-5-22(26(28)21(19)13-17)36-27-31-24(30-23-14-20(16-29-23)18-2-3-18)15-25(32-27)34-8-6-33(7-9-34)10-11-35/h4-5,13-15,18,35H,2-3,6-12,16H2,1H3,(H,29,30,31,32). The number of hydrogen-bond acceptors (Lipinski definition) is 8. The summed E-state index contributed by atoms with van der Waals surface area (Å²) in [6.45, 7) is 7.10. The molecule has 0 radical (unpaired) electrons. The van der Waals surface area contributed by atoms with Gasteiger partial charge in [-0.1, -0.05) is 29.3 Å². The molecule has 3 heterocycles. The number of β-amino-alcohol motifs (C(OH)–C–C–N with tert-alkyl or cyclic N) is 1. The third-order valence-electron chi connectivity index (χ3n) is 7.21. The van der Waals surface area contributed by atoms with E-state index in [-0.39, 0.29) is 12.6 Å². The largest absolute Gasteiger partial charge is 0.423 e. The quantitative estimate of drug-likeness (QED) is 0.583. The van der Waals surface area contributed by atoms with Crippen molar-refractivity contribution in [3.63, 3.8) is 0 Å². The van der Waals surface area contributed by atoms with E-state index in [1.807, 2.05) is 12.1 Å². The number of halogens is 1. The number of aliphatic hydroxyl groups excluding tert-OH is 1. The maximum atomic E-state index is 9.27. The lowest BCUT2D eigenvalue weighted by Crippen LogP contribution is -2.47. The molecule has 2 N–H and O–H groups in total. The van der Waals surface area contributed by atoms with Crippen LogP contribution in [0.3, 0.4) is 0 Å². The highest BCUT2D eigenvalue weighted by molar-refractivity contribution is 6.33. The fraction of sp³-hybridized carbons (Fsp3) is 0.444. The fourth-order valence-electron chi connectivity index (χ4n) is 5.08.